The van der Waals surface area contributed by atoms with Crippen LogP contribution in [-0.4, -0.2) is 35.6 Å². The normalized spacial score (nSPS) is 14.0. The molecule has 3 amide bonds. The fraction of sp³-hybridized carbons (Fsp3) is 0.111. The topological polar surface area (TPSA) is 109 Å². The highest BCUT2D eigenvalue weighted by Gasteiger charge is 2.36. The van der Waals surface area contributed by atoms with Crippen molar-refractivity contribution in [2.45, 2.75) is 6.61 Å². The van der Waals surface area contributed by atoms with Crippen molar-refractivity contribution in [2.75, 3.05) is 19.0 Å². The van der Waals surface area contributed by atoms with Gasteiger partial charge in [-0.05, 0) is 65.9 Å². The van der Waals surface area contributed by atoms with Gasteiger partial charge in [0, 0.05) is 16.3 Å². The lowest BCUT2D eigenvalue weighted by atomic mass is 10.1. The molecule has 1 heterocycles. The lowest BCUT2D eigenvalue weighted by molar-refractivity contribution is -0.127. The Morgan fingerprint density at radius 3 is 2.59 bits per heavy atom. The molecule has 0 bridgehead atoms. The minimum absolute atomic E-state index is 0.177. The Morgan fingerprint density at radius 1 is 1.11 bits per heavy atom. The summed E-state index contributed by atoms with van der Waals surface area (Å²) >= 11 is 6.60. The Morgan fingerprint density at radius 2 is 1.86 bits per heavy atom. The summed E-state index contributed by atoms with van der Waals surface area (Å²) in [6.07, 6.45) is 1.55. The molecule has 3 aromatic rings. The van der Waals surface area contributed by atoms with Crippen molar-refractivity contribution in [2.24, 2.45) is 0 Å². The quantitative estimate of drug-likeness (QED) is 0.382. The van der Waals surface area contributed by atoms with Crippen LogP contribution in [0, 0.1) is 11.3 Å². The number of nitriles is 1. The molecule has 4 rings (SSSR count). The van der Waals surface area contributed by atoms with Gasteiger partial charge in [-0.2, -0.15) is 5.26 Å². The average Bonchev–Trinajstić information content (AvgIpc) is 3.16. The van der Waals surface area contributed by atoms with Crippen molar-refractivity contribution in [1.29, 1.82) is 5.26 Å². The smallest absolute Gasteiger partial charge is 0.294 e. The zero-order valence-electron chi connectivity index (χ0n) is 19.6. The third-order valence-electron chi connectivity index (χ3n) is 5.31. The summed E-state index contributed by atoms with van der Waals surface area (Å²) in [5.74, 6) is -0.190. The molecule has 0 atom stereocenters. The molecule has 0 radical (unpaired) electrons. The Kier molecular flexibility index (Phi) is 8.13. The fourth-order valence-electron chi connectivity index (χ4n) is 3.47. The van der Waals surface area contributed by atoms with E-state index in [1.165, 1.54) is 7.11 Å². The Labute approximate surface area is 222 Å². The Hall–Kier alpha value is -4.26. The maximum Gasteiger partial charge on any atom is 0.294 e. The van der Waals surface area contributed by atoms with E-state index >= 15 is 0 Å². The molecule has 0 aromatic heterocycles. The summed E-state index contributed by atoms with van der Waals surface area (Å²) in [7, 11) is 1.49. The van der Waals surface area contributed by atoms with E-state index < -0.39 is 23.6 Å². The molecule has 0 saturated carbocycles. The number of anilines is 1. The van der Waals surface area contributed by atoms with E-state index in [0.717, 1.165) is 22.2 Å². The molecular weight excluding hydrogens is 514 g/mol. The second-order valence-electron chi connectivity index (χ2n) is 7.79. The molecular formula is C27H20ClN3O5S. The summed E-state index contributed by atoms with van der Waals surface area (Å²) in [5, 5.41) is 11.9. The molecule has 8 nitrogen and oxygen atoms in total. The van der Waals surface area contributed by atoms with Gasteiger partial charge in [0.05, 0.1) is 23.6 Å². The minimum atomic E-state index is -0.561. The van der Waals surface area contributed by atoms with Gasteiger partial charge < -0.3 is 14.8 Å². The highest BCUT2D eigenvalue weighted by atomic mass is 35.5. The monoisotopic (exact) mass is 533 g/mol. The first kappa shape index (κ1) is 25.8. The number of amides is 3. The molecule has 1 fully saturated rings. The second kappa shape index (κ2) is 11.6. The number of hydrogen-bond donors (Lipinski definition) is 1. The van der Waals surface area contributed by atoms with E-state index in [1.807, 2.05) is 12.1 Å². The number of hydrogen-bond acceptors (Lipinski definition) is 7. The number of halogens is 1. The summed E-state index contributed by atoms with van der Waals surface area (Å²) in [5.41, 5.74) is 2.38. The van der Waals surface area contributed by atoms with Crippen LogP contribution in [0.4, 0.5) is 10.5 Å². The molecule has 10 heteroatoms. The van der Waals surface area contributed by atoms with Gasteiger partial charge in [0.1, 0.15) is 13.2 Å². The van der Waals surface area contributed by atoms with E-state index in [1.54, 1.807) is 60.7 Å². The van der Waals surface area contributed by atoms with Crippen molar-refractivity contribution < 1.29 is 23.9 Å². The molecule has 0 unspecified atom stereocenters. The number of nitrogens with zero attached hydrogens (tertiary/aromatic N) is 2. The summed E-state index contributed by atoms with van der Waals surface area (Å²) in [6, 6.07) is 20.8. The van der Waals surface area contributed by atoms with Crippen molar-refractivity contribution in [3.8, 4) is 17.6 Å². The van der Waals surface area contributed by atoms with Crippen LogP contribution in [0.5, 0.6) is 11.5 Å². The maximum atomic E-state index is 12.8. The Bertz CT molecular complexity index is 1430. The molecule has 186 valence electrons. The number of carbonyl (C=O) groups is 3. The minimum Gasteiger partial charge on any atom is -0.493 e. The first-order chi connectivity index (χ1) is 17.9. The van der Waals surface area contributed by atoms with E-state index in [-0.39, 0.29) is 11.5 Å². The van der Waals surface area contributed by atoms with Crippen LogP contribution >= 0.6 is 23.4 Å². The second-order valence-corrected chi connectivity index (χ2v) is 9.22. The Balaban J connectivity index is 1.43. The first-order valence-electron chi connectivity index (χ1n) is 11.0. The molecule has 37 heavy (non-hydrogen) atoms. The number of rotatable bonds is 8. The van der Waals surface area contributed by atoms with Gasteiger partial charge in [0.25, 0.3) is 11.1 Å². The lowest BCUT2D eigenvalue weighted by Gasteiger charge is -2.13. The van der Waals surface area contributed by atoms with Gasteiger partial charge in [0.2, 0.25) is 5.91 Å². The summed E-state index contributed by atoms with van der Waals surface area (Å²) in [6.45, 7) is -0.235. The zero-order chi connectivity index (χ0) is 26.4. The number of ether oxygens (including phenoxy) is 2. The van der Waals surface area contributed by atoms with Gasteiger partial charge in [0.15, 0.2) is 11.5 Å². The number of methoxy groups -OCH3 is 1. The fourth-order valence-corrected chi connectivity index (χ4v) is 4.43. The van der Waals surface area contributed by atoms with Gasteiger partial charge in [-0.3, -0.25) is 19.3 Å². The van der Waals surface area contributed by atoms with E-state index in [0.29, 0.717) is 33.3 Å². The average molecular weight is 534 g/mol. The number of imide groups is 1. The number of carbonyl (C=O) groups excluding carboxylic acids is 3. The molecule has 1 aliphatic rings. The molecule has 1 aliphatic heterocycles. The zero-order valence-corrected chi connectivity index (χ0v) is 21.1. The van der Waals surface area contributed by atoms with Gasteiger partial charge in [-0.1, -0.05) is 35.9 Å². The highest BCUT2D eigenvalue weighted by Crippen LogP contribution is 2.35. The van der Waals surface area contributed by atoms with Crippen LogP contribution in [0.1, 0.15) is 16.7 Å². The molecule has 1 saturated heterocycles. The van der Waals surface area contributed by atoms with Gasteiger partial charge in [-0.25, -0.2) is 0 Å². The van der Waals surface area contributed by atoms with Crippen LogP contribution in [0.25, 0.3) is 6.08 Å². The lowest BCUT2D eigenvalue weighted by Crippen LogP contribution is -2.36. The van der Waals surface area contributed by atoms with Crippen molar-refractivity contribution in [3.05, 3.63) is 93.3 Å². The van der Waals surface area contributed by atoms with E-state index in [2.05, 4.69) is 11.4 Å². The van der Waals surface area contributed by atoms with Crippen molar-refractivity contribution in [1.82, 2.24) is 4.90 Å². The third kappa shape index (κ3) is 6.30. The van der Waals surface area contributed by atoms with Gasteiger partial charge >= 0.3 is 0 Å². The van der Waals surface area contributed by atoms with E-state index in [4.69, 9.17) is 21.1 Å². The predicted molar refractivity (Wildman–Crippen MR) is 141 cm³/mol. The number of nitrogens with one attached hydrogen (secondary N) is 1. The van der Waals surface area contributed by atoms with Crippen LogP contribution in [-0.2, 0) is 16.2 Å². The summed E-state index contributed by atoms with van der Waals surface area (Å²) in [4.78, 5) is 38.7. The van der Waals surface area contributed by atoms with Crippen LogP contribution in [0.15, 0.2) is 71.6 Å². The molecule has 3 aromatic carbocycles. The van der Waals surface area contributed by atoms with Crippen molar-refractivity contribution >= 4 is 52.2 Å². The van der Waals surface area contributed by atoms with Crippen LogP contribution < -0.4 is 14.8 Å². The summed E-state index contributed by atoms with van der Waals surface area (Å²) < 4.78 is 11.3. The third-order valence-corrected chi connectivity index (χ3v) is 6.47. The standard InChI is InChI=1S/C27H20ClN3O5S/c1-35-23-12-17(6-11-22(23)36-16-19-5-3-2-4-18(19)14-29)13-24-26(33)31(27(34)37-24)15-25(32)30-21-9-7-20(28)8-10-21/h2-13H,15-16H2,1H3,(H,30,32)/b24-13-. The van der Waals surface area contributed by atoms with Gasteiger partial charge in [-0.15, -0.1) is 0 Å². The van der Waals surface area contributed by atoms with E-state index in [9.17, 15) is 19.6 Å². The van der Waals surface area contributed by atoms with Crippen LogP contribution in [0.2, 0.25) is 5.02 Å². The SMILES string of the molecule is COc1cc(/C=C2\SC(=O)N(CC(=O)Nc3ccc(Cl)cc3)C2=O)ccc1OCc1ccccc1C#N. The highest BCUT2D eigenvalue weighted by molar-refractivity contribution is 8.18. The van der Waals surface area contributed by atoms with Crippen LogP contribution in [0.3, 0.4) is 0 Å². The largest absolute Gasteiger partial charge is 0.493 e. The first-order valence-corrected chi connectivity index (χ1v) is 12.2. The molecule has 0 aliphatic carbocycles. The predicted octanol–water partition coefficient (Wildman–Crippen LogP) is 5.47. The number of benzene rings is 3. The maximum absolute atomic E-state index is 12.8. The molecule has 1 N–H and O–H groups in total. The number of thioether (sulfide) groups is 1. The molecule has 0 spiro atoms. The van der Waals surface area contributed by atoms with Crippen molar-refractivity contribution in [3.63, 3.8) is 0 Å².